The van der Waals surface area contributed by atoms with Crippen molar-refractivity contribution in [2.75, 3.05) is 6.79 Å². The molecule has 0 aliphatic heterocycles. The van der Waals surface area contributed by atoms with Crippen molar-refractivity contribution < 1.29 is 31.9 Å². The molecular weight excluding hydrogens is 421 g/mol. The summed E-state index contributed by atoms with van der Waals surface area (Å²) in [5.74, 6) is -0.641. The fourth-order valence-electron chi connectivity index (χ4n) is 3.28. The Morgan fingerprint density at radius 2 is 1.88 bits per heavy atom. The molecule has 3 rings (SSSR count). The van der Waals surface area contributed by atoms with Crippen molar-refractivity contribution in [3.63, 3.8) is 0 Å². The summed E-state index contributed by atoms with van der Waals surface area (Å²) >= 11 is 0. The zero-order valence-electron chi connectivity index (χ0n) is 18.1. The molecule has 0 bridgehead atoms. The van der Waals surface area contributed by atoms with E-state index in [1.54, 1.807) is 6.07 Å². The van der Waals surface area contributed by atoms with E-state index in [0.29, 0.717) is 5.58 Å². The number of aryl methyl sites for hydroxylation is 1. The summed E-state index contributed by atoms with van der Waals surface area (Å²) in [7, 11) is 0. The molecule has 0 atom stereocenters. The number of hydrogen-bond acceptors (Lipinski definition) is 4. The highest BCUT2D eigenvalue weighted by molar-refractivity contribution is 5.87. The first kappa shape index (κ1) is 23.4. The van der Waals surface area contributed by atoms with E-state index in [4.69, 9.17) is 13.9 Å². The van der Waals surface area contributed by atoms with Gasteiger partial charge < -0.3 is 13.9 Å². The van der Waals surface area contributed by atoms with Crippen LogP contribution in [0.25, 0.3) is 22.3 Å². The first-order valence-corrected chi connectivity index (χ1v) is 10.4. The van der Waals surface area contributed by atoms with Gasteiger partial charge in [-0.15, -0.1) is 0 Å². The number of carbonyl (C=O) groups excluding carboxylic acids is 1. The number of ether oxygens (including phenoxy) is 2. The van der Waals surface area contributed by atoms with Crippen molar-refractivity contribution in [2.45, 2.75) is 45.7 Å². The monoisotopic (exact) mass is 446 g/mol. The van der Waals surface area contributed by atoms with Crippen molar-refractivity contribution >= 4 is 16.9 Å². The highest BCUT2D eigenvalue weighted by Crippen LogP contribution is 2.40. The Morgan fingerprint density at radius 3 is 2.56 bits per heavy atom. The van der Waals surface area contributed by atoms with Gasteiger partial charge in [0.25, 0.3) is 0 Å². The largest absolute Gasteiger partial charge is 0.457 e. The molecule has 32 heavy (non-hydrogen) atoms. The average molecular weight is 446 g/mol. The Labute approximate surface area is 184 Å². The third-order valence-corrected chi connectivity index (χ3v) is 4.98. The van der Waals surface area contributed by atoms with Gasteiger partial charge in [-0.3, -0.25) is 0 Å². The lowest BCUT2D eigenvalue weighted by Crippen LogP contribution is -2.12. The predicted molar refractivity (Wildman–Crippen MR) is 116 cm³/mol. The Hall–Kier alpha value is -3.22. The van der Waals surface area contributed by atoms with Crippen LogP contribution < -0.4 is 4.74 Å². The van der Waals surface area contributed by atoms with Gasteiger partial charge >= 0.3 is 12.1 Å². The minimum atomic E-state index is -4.63. The van der Waals surface area contributed by atoms with Crippen LogP contribution in [0.1, 0.15) is 44.2 Å². The van der Waals surface area contributed by atoms with Gasteiger partial charge in [-0.25, -0.2) is 4.79 Å². The Balaban J connectivity index is 1.86. The maximum atomic E-state index is 13.8. The molecular formula is C25H25F3O4. The van der Waals surface area contributed by atoms with Crippen LogP contribution in [0.3, 0.4) is 0 Å². The molecule has 0 unspecified atom stereocenters. The number of rotatable bonds is 9. The molecule has 0 radical (unpaired) electrons. The summed E-state index contributed by atoms with van der Waals surface area (Å²) in [4.78, 5) is 11.4. The third kappa shape index (κ3) is 5.72. The number of esters is 1. The normalized spacial score (nSPS) is 11.5. The number of carbonyl (C=O) groups is 1. The number of unbranched alkanes of at least 4 members (excludes halogenated alkanes) is 2. The van der Waals surface area contributed by atoms with Crippen molar-refractivity contribution in [2.24, 2.45) is 0 Å². The van der Waals surface area contributed by atoms with Crippen molar-refractivity contribution in [1.29, 1.82) is 0 Å². The van der Waals surface area contributed by atoms with Crippen LogP contribution in [0.2, 0.25) is 0 Å². The van der Waals surface area contributed by atoms with Crippen molar-refractivity contribution in [3.8, 4) is 17.1 Å². The second-order valence-electron chi connectivity index (χ2n) is 7.62. The first-order chi connectivity index (χ1) is 15.2. The van der Waals surface area contributed by atoms with E-state index in [0.717, 1.165) is 42.7 Å². The molecule has 0 fully saturated rings. The summed E-state index contributed by atoms with van der Waals surface area (Å²) in [6.07, 6.45) is -0.444. The predicted octanol–water partition coefficient (Wildman–Crippen LogP) is 7.31. The summed E-state index contributed by atoms with van der Waals surface area (Å²) in [5.41, 5.74) is 0.819. The number of hydrogen-bond donors (Lipinski definition) is 0. The van der Waals surface area contributed by atoms with E-state index in [2.05, 4.69) is 13.5 Å². The van der Waals surface area contributed by atoms with Gasteiger partial charge in [0.1, 0.15) is 17.1 Å². The van der Waals surface area contributed by atoms with Gasteiger partial charge in [0, 0.05) is 16.5 Å². The van der Waals surface area contributed by atoms with Crippen molar-refractivity contribution in [1.82, 2.24) is 0 Å². The number of benzene rings is 2. The molecule has 0 spiro atoms. The molecule has 1 aromatic heterocycles. The molecule has 0 aliphatic carbocycles. The summed E-state index contributed by atoms with van der Waals surface area (Å²) in [5, 5.41) is 0.736. The van der Waals surface area contributed by atoms with Gasteiger partial charge in [-0.1, -0.05) is 38.5 Å². The Kier molecular flexibility index (Phi) is 7.28. The lowest BCUT2D eigenvalue weighted by molar-refractivity contribution is -0.145. The molecule has 0 aliphatic rings. The van der Waals surface area contributed by atoms with Crippen LogP contribution >= 0.6 is 0 Å². The van der Waals surface area contributed by atoms with Crippen LogP contribution in [0.5, 0.6) is 5.75 Å². The van der Waals surface area contributed by atoms with Gasteiger partial charge in [0.2, 0.25) is 6.79 Å². The first-order valence-electron chi connectivity index (χ1n) is 10.4. The third-order valence-electron chi connectivity index (χ3n) is 4.98. The molecule has 4 nitrogen and oxygen atoms in total. The molecule has 0 saturated heterocycles. The molecule has 0 saturated carbocycles. The molecule has 0 amide bonds. The van der Waals surface area contributed by atoms with Gasteiger partial charge in [-0.05, 0) is 55.7 Å². The van der Waals surface area contributed by atoms with Gasteiger partial charge in [0.05, 0.1) is 5.56 Å². The summed E-state index contributed by atoms with van der Waals surface area (Å²) in [6.45, 7) is 6.49. The topological polar surface area (TPSA) is 48.7 Å². The minimum Gasteiger partial charge on any atom is -0.457 e. The zero-order chi connectivity index (χ0) is 23.3. The summed E-state index contributed by atoms with van der Waals surface area (Å²) in [6, 6.07) is 10.9. The van der Waals surface area contributed by atoms with Crippen LogP contribution in [0.4, 0.5) is 13.2 Å². The second-order valence-corrected chi connectivity index (χ2v) is 7.62. The second kappa shape index (κ2) is 9.94. The lowest BCUT2D eigenvalue weighted by atomic mass is 10.0. The molecule has 2 aromatic carbocycles. The van der Waals surface area contributed by atoms with Crippen LogP contribution in [0, 0.1) is 0 Å². The van der Waals surface area contributed by atoms with Crippen LogP contribution in [-0.4, -0.2) is 12.8 Å². The van der Waals surface area contributed by atoms with Crippen LogP contribution in [0.15, 0.2) is 59.0 Å². The standard InChI is InChI=1S/C25H25F3O4/c1-4-5-6-7-17-8-9-18-13-23(32-22(18)12-17)20-11-10-19(14-21(20)25(26,27)28)30-15-31-24(29)16(2)3/h8-14H,2,4-7,15H2,1,3H3. The van der Waals surface area contributed by atoms with Gasteiger partial charge in [0.15, 0.2) is 0 Å². The fourth-order valence-corrected chi connectivity index (χ4v) is 3.28. The average Bonchev–Trinajstić information content (AvgIpc) is 3.16. The smallest absolute Gasteiger partial charge is 0.417 e. The van der Waals surface area contributed by atoms with E-state index in [1.165, 1.54) is 19.1 Å². The maximum Gasteiger partial charge on any atom is 0.417 e. The van der Waals surface area contributed by atoms with E-state index in [1.807, 2.05) is 18.2 Å². The van der Waals surface area contributed by atoms with Crippen LogP contribution in [-0.2, 0) is 22.1 Å². The minimum absolute atomic E-state index is 0.0788. The fraction of sp³-hybridized carbons (Fsp3) is 0.320. The highest BCUT2D eigenvalue weighted by Gasteiger charge is 2.35. The molecule has 170 valence electrons. The highest BCUT2D eigenvalue weighted by atomic mass is 19.4. The van der Waals surface area contributed by atoms with E-state index < -0.39 is 24.5 Å². The van der Waals surface area contributed by atoms with E-state index >= 15 is 0 Å². The van der Waals surface area contributed by atoms with Crippen molar-refractivity contribution in [3.05, 3.63) is 65.7 Å². The molecule has 7 heteroatoms. The number of fused-ring (bicyclic) bond motifs is 1. The number of alkyl halides is 3. The number of halogens is 3. The molecule has 1 heterocycles. The number of furan rings is 1. The zero-order valence-corrected chi connectivity index (χ0v) is 18.1. The maximum absolute atomic E-state index is 13.8. The molecule has 3 aromatic rings. The lowest BCUT2D eigenvalue weighted by Gasteiger charge is -2.14. The van der Waals surface area contributed by atoms with E-state index in [-0.39, 0.29) is 22.6 Å². The summed E-state index contributed by atoms with van der Waals surface area (Å²) < 4.78 is 57.0. The molecule has 0 N–H and O–H groups in total. The SMILES string of the molecule is C=C(C)C(=O)OCOc1ccc(-c2cc3ccc(CCCCC)cc3o2)c(C(F)(F)F)c1. The Bertz CT molecular complexity index is 1110. The quantitative estimate of drug-likeness (QED) is 0.150. The van der Waals surface area contributed by atoms with E-state index in [9.17, 15) is 18.0 Å². The Morgan fingerprint density at radius 1 is 1.09 bits per heavy atom. The van der Waals surface area contributed by atoms with Gasteiger partial charge in [-0.2, -0.15) is 13.2 Å².